The van der Waals surface area contributed by atoms with Gasteiger partial charge in [0.2, 0.25) is 0 Å². The predicted octanol–water partition coefficient (Wildman–Crippen LogP) is 1.57. The fourth-order valence-corrected chi connectivity index (χ4v) is 3.37. The van der Waals surface area contributed by atoms with Gasteiger partial charge in [-0.25, -0.2) is 0 Å². The number of carbonyl (C=O) groups excluding carboxylic acids is 3. The Morgan fingerprint density at radius 3 is 2.04 bits per heavy atom. The zero-order chi connectivity index (χ0) is 19.0. The van der Waals surface area contributed by atoms with Gasteiger partial charge in [0.15, 0.2) is 18.3 Å². The molecule has 0 aromatic carbocycles. The van der Waals surface area contributed by atoms with E-state index in [1.165, 1.54) is 32.5 Å². The summed E-state index contributed by atoms with van der Waals surface area (Å²) >= 11 is 1.33. The van der Waals surface area contributed by atoms with E-state index in [9.17, 15) is 14.4 Å². The van der Waals surface area contributed by atoms with Gasteiger partial charge in [-0.15, -0.1) is 11.8 Å². The van der Waals surface area contributed by atoms with E-state index in [-0.39, 0.29) is 6.54 Å². The van der Waals surface area contributed by atoms with Crippen molar-refractivity contribution in [3.8, 4) is 0 Å². The second-order valence-electron chi connectivity index (χ2n) is 5.13. The number of thioether (sulfide) groups is 1. The Morgan fingerprint density at radius 2 is 1.56 bits per heavy atom. The number of carbonyl (C=O) groups is 3. The number of ether oxygens (including phenoxy) is 4. The van der Waals surface area contributed by atoms with Gasteiger partial charge in [0.1, 0.15) is 11.5 Å². The highest BCUT2D eigenvalue weighted by molar-refractivity contribution is 7.99. The first-order valence-corrected chi connectivity index (χ1v) is 8.64. The molecule has 0 unspecified atom stereocenters. The lowest BCUT2D eigenvalue weighted by Crippen LogP contribution is -2.61. The number of esters is 3. The van der Waals surface area contributed by atoms with Gasteiger partial charge in [0.05, 0.1) is 6.54 Å². The minimum absolute atomic E-state index is 0.139. The second-order valence-corrected chi connectivity index (χ2v) is 6.51. The van der Waals surface area contributed by atoms with Gasteiger partial charge in [0.25, 0.3) is 0 Å². The lowest BCUT2D eigenvalue weighted by atomic mass is 9.99. The molecule has 140 valence electrons. The quantitative estimate of drug-likeness (QED) is 0.215. The molecule has 0 N–H and O–H groups in total. The van der Waals surface area contributed by atoms with Crippen molar-refractivity contribution in [3.05, 3.63) is 10.4 Å². The molecule has 11 heteroatoms. The van der Waals surface area contributed by atoms with Crippen molar-refractivity contribution < 1.29 is 33.3 Å². The van der Waals surface area contributed by atoms with Crippen molar-refractivity contribution in [2.75, 3.05) is 12.3 Å². The first kappa shape index (κ1) is 21.1. The van der Waals surface area contributed by atoms with Gasteiger partial charge in [-0.3, -0.25) is 14.4 Å². The van der Waals surface area contributed by atoms with Crippen molar-refractivity contribution >= 4 is 29.7 Å². The van der Waals surface area contributed by atoms with Crippen molar-refractivity contribution in [2.24, 2.45) is 5.11 Å². The molecule has 1 aliphatic heterocycles. The molecule has 0 spiro atoms. The van der Waals surface area contributed by atoms with E-state index in [0.717, 1.165) is 0 Å². The van der Waals surface area contributed by atoms with E-state index >= 15 is 0 Å². The number of hydrogen-bond donors (Lipinski definition) is 0. The van der Waals surface area contributed by atoms with Crippen LogP contribution in [-0.2, 0) is 33.3 Å². The van der Waals surface area contributed by atoms with Crippen molar-refractivity contribution in [1.29, 1.82) is 0 Å². The largest absolute Gasteiger partial charge is 0.456 e. The van der Waals surface area contributed by atoms with Crippen LogP contribution in [0.2, 0.25) is 0 Å². The van der Waals surface area contributed by atoms with E-state index < -0.39 is 47.8 Å². The highest BCUT2D eigenvalue weighted by Gasteiger charge is 2.51. The molecule has 0 radical (unpaired) electrons. The highest BCUT2D eigenvalue weighted by atomic mass is 32.2. The van der Waals surface area contributed by atoms with Crippen LogP contribution in [0.5, 0.6) is 0 Å². The first-order valence-electron chi connectivity index (χ1n) is 7.59. The van der Waals surface area contributed by atoms with E-state index in [1.807, 2.05) is 6.92 Å². The normalized spacial score (nSPS) is 28.4. The summed E-state index contributed by atoms with van der Waals surface area (Å²) in [6.07, 6.45) is -3.98. The summed E-state index contributed by atoms with van der Waals surface area (Å²) in [6.45, 7) is 5.32. The van der Waals surface area contributed by atoms with Gasteiger partial charge >= 0.3 is 17.9 Å². The van der Waals surface area contributed by atoms with E-state index in [0.29, 0.717) is 5.75 Å². The van der Waals surface area contributed by atoms with Gasteiger partial charge in [-0.05, 0) is 11.3 Å². The summed E-state index contributed by atoms with van der Waals surface area (Å²) in [5, 5.41) is 3.45. The third-order valence-electron chi connectivity index (χ3n) is 3.15. The SMILES string of the molecule is CCS[C@H]1O[C@H](CN=[N+]=[N-])[C@@H](OC(C)=O)[C@H](OC(C)=O)[C@H]1OC(C)=O. The number of hydrogen-bond acceptors (Lipinski definition) is 9. The summed E-state index contributed by atoms with van der Waals surface area (Å²) in [6, 6.07) is 0. The molecule has 0 aromatic heterocycles. The lowest BCUT2D eigenvalue weighted by Gasteiger charge is -2.44. The fourth-order valence-electron chi connectivity index (χ4n) is 2.42. The summed E-state index contributed by atoms with van der Waals surface area (Å²) in [4.78, 5) is 37.1. The monoisotopic (exact) mass is 375 g/mol. The molecular formula is C14H21N3O7S. The maximum atomic E-state index is 11.5. The summed E-state index contributed by atoms with van der Waals surface area (Å²) in [7, 11) is 0. The third-order valence-corrected chi connectivity index (χ3v) is 4.19. The fraction of sp³-hybridized carbons (Fsp3) is 0.786. The molecule has 1 heterocycles. The van der Waals surface area contributed by atoms with Gasteiger partial charge < -0.3 is 18.9 Å². The average molecular weight is 375 g/mol. The van der Waals surface area contributed by atoms with Crippen LogP contribution in [0, 0.1) is 0 Å². The Labute approximate surface area is 149 Å². The number of nitrogens with zero attached hydrogens (tertiary/aromatic N) is 3. The summed E-state index contributed by atoms with van der Waals surface area (Å²) in [5.41, 5.74) is 7.87. The predicted molar refractivity (Wildman–Crippen MR) is 87.5 cm³/mol. The minimum atomic E-state index is -1.08. The Hall–Kier alpha value is -1.97. The average Bonchev–Trinajstić information content (AvgIpc) is 2.50. The molecule has 1 fully saturated rings. The Bertz CT molecular complexity index is 553. The summed E-state index contributed by atoms with van der Waals surface area (Å²) in [5.74, 6) is -1.24. The van der Waals surface area contributed by atoms with Gasteiger partial charge in [-0.2, -0.15) is 0 Å². The van der Waals surface area contributed by atoms with Crippen molar-refractivity contribution in [2.45, 2.75) is 57.5 Å². The molecule has 1 saturated heterocycles. The zero-order valence-corrected chi connectivity index (χ0v) is 15.2. The molecule has 0 amide bonds. The van der Waals surface area contributed by atoms with Crippen LogP contribution in [0.15, 0.2) is 5.11 Å². The Balaban J connectivity index is 3.25. The molecular weight excluding hydrogens is 354 g/mol. The Morgan fingerprint density at radius 1 is 1.04 bits per heavy atom. The van der Waals surface area contributed by atoms with Crippen LogP contribution in [0.25, 0.3) is 10.4 Å². The van der Waals surface area contributed by atoms with Gasteiger partial charge in [0, 0.05) is 25.7 Å². The van der Waals surface area contributed by atoms with Crippen LogP contribution in [0.4, 0.5) is 0 Å². The number of azide groups is 1. The molecule has 0 saturated carbocycles. The van der Waals surface area contributed by atoms with Crippen LogP contribution in [-0.4, -0.2) is 60.1 Å². The van der Waals surface area contributed by atoms with E-state index in [1.54, 1.807) is 0 Å². The molecule has 0 aliphatic carbocycles. The standard InChI is InChI=1S/C14H21N3O7S/c1-5-25-14-13(23-9(4)20)12(22-8(3)19)11(21-7(2)18)10(24-14)6-16-17-15/h10-14H,5-6H2,1-4H3/t10-,11-,12+,13-,14-/m1/s1. The van der Waals surface area contributed by atoms with Crippen molar-refractivity contribution in [1.82, 2.24) is 0 Å². The van der Waals surface area contributed by atoms with E-state index in [4.69, 9.17) is 24.5 Å². The molecule has 0 aromatic rings. The summed E-state index contributed by atoms with van der Waals surface area (Å²) < 4.78 is 21.6. The lowest BCUT2D eigenvalue weighted by molar-refractivity contribution is -0.230. The molecule has 1 aliphatic rings. The molecule has 25 heavy (non-hydrogen) atoms. The topological polar surface area (TPSA) is 137 Å². The van der Waals surface area contributed by atoms with Crippen molar-refractivity contribution in [3.63, 3.8) is 0 Å². The highest BCUT2D eigenvalue weighted by Crippen LogP contribution is 2.34. The molecule has 1 rings (SSSR count). The Kier molecular flexibility index (Phi) is 8.53. The van der Waals surface area contributed by atoms with E-state index in [2.05, 4.69) is 10.0 Å². The molecule has 5 atom stereocenters. The van der Waals surface area contributed by atoms with Crippen LogP contribution >= 0.6 is 11.8 Å². The van der Waals surface area contributed by atoms with Crippen LogP contribution in [0.1, 0.15) is 27.7 Å². The number of rotatable bonds is 7. The van der Waals surface area contributed by atoms with Crippen LogP contribution < -0.4 is 0 Å². The zero-order valence-electron chi connectivity index (χ0n) is 14.4. The third kappa shape index (κ3) is 6.45. The smallest absolute Gasteiger partial charge is 0.303 e. The van der Waals surface area contributed by atoms with Crippen LogP contribution in [0.3, 0.4) is 0 Å². The molecule has 0 bridgehead atoms. The maximum absolute atomic E-state index is 11.5. The molecule has 10 nitrogen and oxygen atoms in total. The van der Waals surface area contributed by atoms with Gasteiger partial charge in [-0.1, -0.05) is 12.0 Å². The minimum Gasteiger partial charge on any atom is -0.456 e. The first-order chi connectivity index (χ1) is 11.8. The second kappa shape index (κ2) is 10.1. The maximum Gasteiger partial charge on any atom is 0.303 e.